The maximum atomic E-state index is 12.6. The number of benzene rings is 2. The van der Waals surface area contributed by atoms with Crippen molar-refractivity contribution in [3.8, 4) is 5.75 Å². The number of rotatable bonds is 4. The molecule has 5 heteroatoms. The van der Waals surface area contributed by atoms with Gasteiger partial charge in [0.05, 0.1) is 19.2 Å². The van der Waals surface area contributed by atoms with Gasteiger partial charge in [-0.25, -0.2) is 4.90 Å². The first kappa shape index (κ1) is 15.1. The van der Waals surface area contributed by atoms with Crippen LogP contribution >= 0.6 is 0 Å². The predicted molar refractivity (Wildman–Crippen MR) is 88.7 cm³/mol. The molecule has 0 bridgehead atoms. The van der Waals surface area contributed by atoms with Crippen LogP contribution in [-0.4, -0.2) is 25.0 Å². The number of ether oxygens (including phenoxy) is 1. The first-order valence-corrected chi connectivity index (χ1v) is 7.42. The molecule has 1 saturated heterocycles. The average molecular weight is 310 g/mol. The van der Waals surface area contributed by atoms with Crippen molar-refractivity contribution in [2.24, 2.45) is 0 Å². The van der Waals surface area contributed by atoms with Gasteiger partial charge in [-0.05, 0) is 48.9 Å². The van der Waals surface area contributed by atoms with Gasteiger partial charge in [-0.1, -0.05) is 12.1 Å². The van der Waals surface area contributed by atoms with Crippen LogP contribution in [0.5, 0.6) is 5.75 Å². The third-order valence-corrected chi connectivity index (χ3v) is 3.84. The highest BCUT2D eigenvalue weighted by molar-refractivity contribution is 6.23. The zero-order chi connectivity index (χ0) is 16.4. The maximum absolute atomic E-state index is 12.6. The second kappa shape index (κ2) is 6.12. The van der Waals surface area contributed by atoms with Crippen LogP contribution in [0.2, 0.25) is 0 Å². The number of carbonyl (C=O) groups excluding carboxylic acids is 2. The van der Waals surface area contributed by atoms with Gasteiger partial charge >= 0.3 is 0 Å². The molecule has 118 valence electrons. The number of carbonyl (C=O) groups is 2. The number of anilines is 2. The molecular weight excluding hydrogens is 292 g/mol. The number of nitrogens with zero attached hydrogens (tertiary/aromatic N) is 1. The summed E-state index contributed by atoms with van der Waals surface area (Å²) in [5.41, 5.74) is 2.50. The lowest BCUT2D eigenvalue weighted by Crippen LogP contribution is -2.34. The normalized spacial score (nSPS) is 17.5. The molecule has 3 rings (SSSR count). The Morgan fingerprint density at radius 1 is 1.13 bits per heavy atom. The first-order valence-electron chi connectivity index (χ1n) is 7.42. The summed E-state index contributed by atoms with van der Waals surface area (Å²) >= 11 is 0. The SMILES string of the molecule is COc1ccc(N2C(=O)CC(Nc3cccc(C)c3)C2=O)cc1. The second-order valence-electron chi connectivity index (χ2n) is 5.54. The van der Waals surface area contributed by atoms with Crippen molar-refractivity contribution < 1.29 is 14.3 Å². The zero-order valence-electron chi connectivity index (χ0n) is 13.1. The molecule has 2 amide bonds. The van der Waals surface area contributed by atoms with E-state index in [1.54, 1.807) is 31.4 Å². The van der Waals surface area contributed by atoms with Gasteiger partial charge in [0.2, 0.25) is 5.91 Å². The Morgan fingerprint density at radius 3 is 2.52 bits per heavy atom. The van der Waals surface area contributed by atoms with E-state index in [2.05, 4.69) is 5.32 Å². The quantitative estimate of drug-likeness (QED) is 0.882. The molecule has 0 aliphatic carbocycles. The van der Waals surface area contributed by atoms with E-state index < -0.39 is 6.04 Å². The molecule has 1 unspecified atom stereocenters. The minimum Gasteiger partial charge on any atom is -0.497 e. The summed E-state index contributed by atoms with van der Waals surface area (Å²) in [5.74, 6) is 0.245. The number of nitrogens with one attached hydrogen (secondary N) is 1. The van der Waals surface area contributed by atoms with Gasteiger partial charge in [-0.15, -0.1) is 0 Å². The molecule has 0 radical (unpaired) electrons. The topological polar surface area (TPSA) is 58.6 Å². The van der Waals surface area contributed by atoms with Crippen LogP contribution in [0.3, 0.4) is 0 Å². The monoisotopic (exact) mass is 310 g/mol. The minimum atomic E-state index is -0.536. The van der Waals surface area contributed by atoms with Crippen LogP contribution < -0.4 is 15.0 Å². The van der Waals surface area contributed by atoms with E-state index in [0.29, 0.717) is 11.4 Å². The Labute approximate surface area is 134 Å². The van der Waals surface area contributed by atoms with Gasteiger partial charge in [0.25, 0.3) is 5.91 Å². The Balaban J connectivity index is 1.79. The first-order chi connectivity index (χ1) is 11.1. The number of aryl methyl sites for hydroxylation is 1. The maximum Gasteiger partial charge on any atom is 0.256 e. The molecule has 1 fully saturated rings. The largest absolute Gasteiger partial charge is 0.497 e. The van der Waals surface area contributed by atoms with Crippen molar-refractivity contribution in [2.75, 3.05) is 17.3 Å². The molecule has 2 aromatic carbocycles. The summed E-state index contributed by atoms with van der Waals surface area (Å²) in [7, 11) is 1.57. The van der Waals surface area contributed by atoms with Crippen molar-refractivity contribution in [3.63, 3.8) is 0 Å². The van der Waals surface area contributed by atoms with E-state index in [1.807, 2.05) is 31.2 Å². The van der Waals surface area contributed by atoms with Crippen LogP contribution in [0.25, 0.3) is 0 Å². The fourth-order valence-electron chi connectivity index (χ4n) is 2.68. The lowest BCUT2D eigenvalue weighted by Gasteiger charge is -2.16. The van der Waals surface area contributed by atoms with E-state index in [1.165, 1.54) is 4.90 Å². The standard InChI is InChI=1S/C18H18N2O3/c1-12-4-3-5-13(10-12)19-16-11-17(21)20(18(16)22)14-6-8-15(23-2)9-7-14/h3-10,16,19H,11H2,1-2H3. The molecule has 0 spiro atoms. The van der Waals surface area contributed by atoms with Gasteiger partial charge in [-0.2, -0.15) is 0 Å². The summed E-state index contributed by atoms with van der Waals surface area (Å²) in [4.78, 5) is 26.0. The number of methoxy groups -OCH3 is 1. The third kappa shape index (κ3) is 3.04. The average Bonchev–Trinajstić information content (AvgIpc) is 2.81. The van der Waals surface area contributed by atoms with Crippen LogP contribution in [0.15, 0.2) is 48.5 Å². The number of imide groups is 1. The van der Waals surface area contributed by atoms with Crippen LogP contribution in [0.1, 0.15) is 12.0 Å². The van der Waals surface area contributed by atoms with Crippen molar-refractivity contribution >= 4 is 23.2 Å². The predicted octanol–water partition coefficient (Wildman–Crippen LogP) is 2.75. The van der Waals surface area contributed by atoms with Crippen LogP contribution in [0, 0.1) is 6.92 Å². The Kier molecular flexibility index (Phi) is 4.02. The third-order valence-electron chi connectivity index (χ3n) is 3.84. The van der Waals surface area contributed by atoms with Gasteiger partial charge < -0.3 is 10.1 Å². The van der Waals surface area contributed by atoms with E-state index >= 15 is 0 Å². The summed E-state index contributed by atoms with van der Waals surface area (Å²) in [5, 5.41) is 3.15. The smallest absolute Gasteiger partial charge is 0.256 e. The van der Waals surface area contributed by atoms with Crippen LogP contribution in [0.4, 0.5) is 11.4 Å². The van der Waals surface area contributed by atoms with Gasteiger partial charge in [-0.3, -0.25) is 9.59 Å². The van der Waals surface area contributed by atoms with Crippen LogP contribution in [-0.2, 0) is 9.59 Å². The highest BCUT2D eigenvalue weighted by atomic mass is 16.5. The van der Waals surface area contributed by atoms with E-state index in [-0.39, 0.29) is 18.2 Å². The molecule has 2 aromatic rings. The lowest BCUT2D eigenvalue weighted by atomic mass is 10.2. The molecule has 1 N–H and O–H groups in total. The zero-order valence-corrected chi connectivity index (χ0v) is 13.1. The molecule has 23 heavy (non-hydrogen) atoms. The van der Waals surface area contributed by atoms with E-state index in [9.17, 15) is 9.59 Å². The molecule has 5 nitrogen and oxygen atoms in total. The Hall–Kier alpha value is -2.82. The van der Waals surface area contributed by atoms with Crippen molar-refractivity contribution in [1.82, 2.24) is 0 Å². The Morgan fingerprint density at radius 2 is 1.87 bits per heavy atom. The van der Waals surface area contributed by atoms with Crippen molar-refractivity contribution in [2.45, 2.75) is 19.4 Å². The molecule has 0 saturated carbocycles. The van der Waals surface area contributed by atoms with E-state index in [4.69, 9.17) is 4.74 Å². The van der Waals surface area contributed by atoms with E-state index in [0.717, 1.165) is 11.3 Å². The summed E-state index contributed by atoms with van der Waals surface area (Å²) in [6.07, 6.45) is 0.152. The number of hydrogen-bond acceptors (Lipinski definition) is 4. The molecule has 1 atom stereocenters. The summed E-state index contributed by atoms with van der Waals surface area (Å²) in [6.45, 7) is 1.98. The van der Waals surface area contributed by atoms with Crippen molar-refractivity contribution in [3.05, 3.63) is 54.1 Å². The molecule has 0 aromatic heterocycles. The second-order valence-corrected chi connectivity index (χ2v) is 5.54. The Bertz CT molecular complexity index is 740. The van der Waals surface area contributed by atoms with Gasteiger partial charge in [0.15, 0.2) is 0 Å². The summed E-state index contributed by atoms with van der Waals surface area (Å²) in [6, 6.07) is 14.1. The number of hydrogen-bond donors (Lipinski definition) is 1. The minimum absolute atomic E-state index is 0.152. The molecule has 1 aliphatic heterocycles. The van der Waals surface area contributed by atoms with Gasteiger partial charge in [0, 0.05) is 5.69 Å². The van der Waals surface area contributed by atoms with Gasteiger partial charge in [0.1, 0.15) is 11.8 Å². The number of amides is 2. The molecule has 1 heterocycles. The fourth-order valence-corrected chi connectivity index (χ4v) is 2.68. The fraction of sp³-hybridized carbons (Fsp3) is 0.222. The molecule has 1 aliphatic rings. The van der Waals surface area contributed by atoms with Crippen molar-refractivity contribution in [1.29, 1.82) is 0 Å². The highest BCUT2D eigenvalue weighted by Gasteiger charge is 2.39. The summed E-state index contributed by atoms with van der Waals surface area (Å²) < 4.78 is 5.10. The highest BCUT2D eigenvalue weighted by Crippen LogP contribution is 2.26. The molecular formula is C18H18N2O3. The lowest BCUT2D eigenvalue weighted by molar-refractivity contribution is -0.121.